The smallest absolute Gasteiger partial charge is 0.318 e. The van der Waals surface area contributed by atoms with Crippen molar-refractivity contribution in [3.05, 3.63) is 17.5 Å². The van der Waals surface area contributed by atoms with Crippen LogP contribution in [-0.4, -0.2) is 41.4 Å². The molecule has 25 heavy (non-hydrogen) atoms. The summed E-state index contributed by atoms with van der Waals surface area (Å²) in [6, 6.07) is 2.29. The molecule has 1 aromatic rings. The van der Waals surface area contributed by atoms with Crippen LogP contribution in [0.25, 0.3) is 0 Å². The second-order valence-corrected chi connectivity index (χ2v) is 7.84. The van der Waals surface area contributed by atoms with Crippen LogP contribution >= 0.6 is 0 Å². The van der Waals surface area contributed by atoms with Gasteiger partial charge in [0.15, 0.2) is 0 Å². The molecular weight excluding hydrogens is 318 g/mol. The third-order valence-corrected chi connectivity index (χ3v) is 6.49. The Balaban J connectivity index is 1.43. The predicted octanol–water partition coefficient (Wildman–Crippen LogP) is 3.57. The van der Waals surface area contributed by atoms with E-state index in [0.29, 0.717) is 6.10 Å². The minimum atomic E-state index is 0.0414. The number of aryl methyl sites for hydroxylation is 1. The van der Waals surface area contributed by atoms with Gasteiger partial charge in [-0.25, -0.2) is 4.79 Å². The van der Waals surface area contributed by atoms with Crippen molar-refractivity contribution in [3.63, 3.8) is 0 Å². The molecule has 2 heterocycles. The van der Waals surface area contributed by atoms with E-state index in [-0.39, 0.29) is 23.5 Å². The molecule has 1 aliphatic heterocycles. The van der Waals surface area contributed by atoms with Gasteiger partial charge in [-0.15, -0.1) is 0 Å². The maximum absolute atomic E-state index is 13.0. The summed E-state index contributed by atoms with van der Waals surface area (Å²) in [5.41, 5.74) is 1.05. The van der Waals surface area contributed by atoms with Crippen LogP contribution < -0.4 is 5.32 Å². The Morgan fingerprint density at radius 3 is 2.92 bits per heavy atom. The van der Waals surface area contributed by atoms with Gasteiger partial charge in [-0.05, 0) is 46.0 Å². The molecule has 2 saturated carbocycles. The quantitative estimate of drug-likeness (QED) is 0.904. The van der Waals surface area contributed by atoms with Gasteiger partial charge >= 0.3 is 6.03 Å². The number of ether oxygens (including phenoxy) is 1. The zero-order chi connectivity index (χ0) is 17.4. The minimum absolute atomic E-state index is 0.0414. The summed E-state index contributed by atoms with van der Waals surface area (Å²) in [4.78, 5) is 14.9. The third kappa shape index (κ3) is 2.84. The van der Waals surface area contributed by atoms with Crippen molar-refractivity contribution < 1.29 is 14.1 Å². The predicted molar refractivity (Wildman–Crippen MR) is 93.2 cm³/mol. The van der Waals surface area contributed by atoms with Gasteiger partial charge < -0.3 is 19.5 Å². The zero-order valence-corrected chi connectivity index (χ0v) is 15.3. The number of rotatable bonds is 4. The van der Waals surface area contributed by atoms with Crippen molar-refractivity contribution in [1.29, 1.82) is 0 Å². The van der Waals surface area contributed by atoms with E-state index < -0.39 is 0 Å². The lowest BCUT2D eigenvalue weighted by molar-refractivity contribution is -0.127. The first-order chi connectivity index (χ1) is 12.1. The van der Waals surface area contributed by atoms with Crippen LogP contribution in [0.4, 0.5) is 4.79 Å². The molecule has 2 aliphatic carbocycles. The molecule has 1 spiro atoms. The molecule has 0 aromatic carbocycles. The number of carbonyl (C=O) groups is 1. The third-order valence-electron chi connectivity index (χ3n) is 6.49. The molecule has 0 bridgehead atoms. The molecule has 0 radical (unpaired) electrons. The second kappa shape index (κ2) is 6.63. The Bertz CT molecular complexity index is 623. The number of aromatic nitrogens is 1. The number of likely N-dealkylation sites (tertiary alicyclic amines) is 1. The lowest BCUT2D eigenvalue weighted by Gasteiger charge is -2.54. The van der Waals surface area contributed by atoms with E-state index in [1.54, 1.807) is 0 Å². The van der Waals surface area contributed by atoms with Crippen LogP contribution in [0.3, 0.4) is 0 Å². The van der Waals surface area contributed by atoms with Crippen molar-refractivity contribution >= 4 is 6.03 Å². The molecule has 6 heteroatoms. The summed E-state index contributed by atoms with van der Waals surface area (Å²) in [5.74, 6) is 0.797. The lowest BCUT2D eigenvalue weighted by atomic mass is 9.60. The van der Waals surface area contributed by atoms with Gasteiger partial charge in [0.05, 0.1) is 12.1 Å². The monoisotopic (exact) mass is 347 g/mol. The van der Waals surface area contributed by atoms with Gasteiger partial charge in [-0.3, -0.25) is 0 Å². The lowest BCUT2D eigenvalue weighted by Crippen LogP contribution is -2.65. The van der Waals surface area contributed by atoms with Crippen LogP contribution in [0.1, 0.15) is 69.4 Å². The molecule has 1 N–H and O–H groups in total. The van der Waals surface area contributed by atoms with Crippen LogP contribution in [0, 0.1) is 12.3 Å². The van der Waals surface area contributed by atoms with Crippen LogP contribution in [-0.2, 0) is 4.74 Å². The summed E-state index contributed by atoms with van der Waals surface area (Å²) >= 11 is 0. The highest BCUT2D eigenvalue weighted by atomic mass is 16.5. The molecule has 1 aromatic heterocycles. The van der Waals surface area contributed by atoms with Crippen molar-refractivity contribution in [1.82, 2.24) is 15.4 Å². The van der Waals surface area contributed by atoms with E-state index in [1.165, 1.54) is 25.7 Å². The first kappa shape index (κ1) is 16.9. The number of hydrogen-bond acceptors (Lipinski definition) is 4. The highest BCUT2D eigenvalue weighted by Crippen LogP contribution is 2.54. The van der Waals surface area contributed by atoms with Gasteiger partial charge in [-0.2, -0.15) is 0 Å². The molecule has 138 valence electrons. The van der Waals surface area contributed by atoms with Crippen molar-refractivity contribution in [2.45, 2.75) is 77.0 Å². The van der Waals surface area contributed by atoms with Crippen molar-refractivity contribution in [2.75, 3.05) is 13.2 Å². The van der Waals surface area contributed by atoms with E-state index in [9.17, 15) is 4.79 Å². The fraction of sp³-hybridized carbons (Fsp3) is 0.789. The van der Waals surface area contributed by atoms with Gasteiger partial charge in [0.2, 0.25) is 0 Å². The Morgan fingerprint density at radius 2 is 2.24 bits per heavy atom. The number of nitrogens with one attached hydrogen (secondary N) is 1. The van der Waals surface area contributed by atoms with E-state index in [1.807, 2.05) is 17.9 Å². The molecule has 2 amide bonds. The number of amides is 2. The maximum Gasteiger partial charge on any atom is 0.318 e. The Kier molecular flexibility index (Phi) is 4.48. The second-order valence-electron chi connectivity index (χ2n) is 7.84. The zero-order valence-electron chi connectivity index (χ0n) is 15.3. The number of urea groups is 1. The highest BCUT2D eigenvalue weighted by Gasteiger charge is 2.57. The standard InChI is InChI=1S/C19H29N3O3/c1-3-24-17-12-16(19(17)8-4-5-9-19)20-18(23)22-10-6-7-15(22)14-11-13(2)25-21-14/h11,15-17H,3-10,12H2,1-2H3,(H,20,23)/t15-,16-,17-/m1/s1. The highest BCUT2D eigenvalue weighted by molar-refractivity contribution is 5.75. The number of hydrogen-bond donors (Lipinski definition) is 1. The van der Waals surface area contributed by atoms with Crippen molar-refractivity contribution in [2.24, 2.45) is 5.41 Å². The van der Waals surface area contributed by atoms with Crippen LogP contribution in [0.5, 0.6) is 0 Å². The first-order valence-electron chi connectivity index (χ1n) is 9.76. The van der Waals surface area contributed by atoms with E-state index >= 15 is 0 Å². The normalized spacial score (nSPS) is 30.6. The van der Waals surface area contributed by atoms with E-state index in [4.69, 9.17) is 9.26 Å². The van der Waals surface area contributed by atoms with Gasteiger partial charge in [0, 0.05) is 30.7 Å². The van der Waals surface area contributed by atoms with E-state index in [0.717, 1.165) is 43.9 Å². The van der Waals surface area contributed by atoms with Crippen LogP contribution in [0.15, 0.2) is 10.6 Å². The van der Waals surface area contributed by atoms with Gasteiger partial charge in [-0.1, -0.05) is 18.0 Å². The summed E-state index contributed by atoms with van der Waals surface area (Å²) in [5, 5.41) is 7.47. The molecule has 1 saturated heterocycles. The van der Waals surface area contributed by atoms with Crippen LogP contribution in [0.2, 0.25) is 0 Å². The average Bonchev–Trinajstić information content (AvgIpc) is 3.33. The molecule has 3 atom stereocenters. The number of carbonyl (C=O) groups excluding carboxylic acids is 1. The Labute approximate surface area is 149 Å². The Morgan fingerprint density at radius 1 is 1.44 bits per heavy atom. The topological polar surface area (TPSA) is 67.6 Å². The average molecular weight is 347 g/mol. The molecule has 3 aliphatic rings. The molecule has 3 fully saturated rings. The SMILES string of the molecule is CCO[C@@H]1C[C@@H](NC(=O)N2CCC[C@@H]2c2cc(C)on2)C12CCCC2. The first-order valence-corrected chi connectivity index (χ1v) is 9.76. The fourth-order valence-electron chi connectivity index (χ4n) is 5.18. The van der Waals surface area contributed by atoms with Gasteiger partial charge in [0.25, 0.3) is 0 Å². The summed E-state index contributed by atoms with van der Waals surface area (Å²) < 4.78 is 11.2. The summed E-state index contributed by atoms with van der Waals surface area (Å²) in [6.07, 6.45) is 8.08. The molecule has 4 rings (SSSR count). The summed E-state index contributed by atoms with van der Waals surface area (Å²) in [7, 11) is 0. The summed E-state index contributed by atoms with van der Waals surface area (Å²) in [6.45, 7) is 5.50. The molecular formula is C19H29N3O3. The minimum Gasteiger partial charge on any atom is -0.378 e. The number of nitrogens with zero attached hydrogens (tertiary/aromatic N) is 2. The largest absolute Gasteiger partial charge is 0.378 e. The van der Waals surface area contributed by atoms with Gasteiger partial charge in [0.1, 0.15) is 11.5 Å². The molecule has 0 unspecified atom stereocenters. The fourth-order valence-corrected chi connectivity index (χ4v) is 5.18. The van der Waals surface area contributed by atoms with Crippen molar-refractivity contribution in [3.8, 4) is 0 Å². The maximum atomic E-state index is 13.0. The van der Waals surface area contributed by atoms with E-state index in [2.05, 4.69) is 17.4 Å². The Hall–Kier alpha value is -1.56. The molecule has 6 nitrogen and oxygen atoms in total.